The number of aromatic nitrogens is 1. The maximum atomic E-state index is 11.9. The highest BCUT2D eigenvalue weighted by Crippen LogP contribution is 2.17. The average molecular weight is 314 g/mol. The molecule has 5 nitrogen and oxygen atoms in total. The molecule has 1 aromatic rings. The predicted molar refractivity (Wildman–Crippen MR) is 72.5 cm³/mol. The first-order valence-corrected chi connectivity index (χ1v) is 6.67. The Morgan fingerprint density at radius 2 is 2.56 bits per heavy atom. The Bertz CT molecular complexity index is 433. The minimum absolute atomic E-state index is 0.0454. The molecule has 0 saturated carbocycles. The number of pyridine rings is 1. The number of rotatable bonds is 3. The molecular weight excluding hydrogens is 298 g/mol. The first-order valence-electron chi connectivity index (χ1n) is 5.88. The zero-order valence-electron chi connectivity index (χ0n) is 10.2. The summed E-state index contributed by atoms with van der Waals surface area (Å²) in [6, 6.07) is 2.01. The monoisotopic (exact) mass is 313 g/mol. The molecule has 2 rings (SSSR count). The molecule has 1 aliphatic heterocycles. The van der Waals surface area contributed by atoms with Crippen molar-refractivity contribution in [3.63, 3.8) is 0 Å². The molecule has 0 aromatic carbocycles. The third-order valence-electron chi connectivity index (χ3n) is 2.73. The zero-order chi connectivity index (χ0) is 13.0. The smallest absolute Gasteiger partial charge is 0.227 e. The van der Waals surface area contributed by atoms with Crippen LogP contribution in [0.4, 0.5) is 5.82 Å². The van der Waals surface area contributed by atoms with Gasteiger partial charge in [-0.1, -0.05) is 0 Å². The quantitative estimate of drug-likeness (QED) is 0.887. The Hall–Kier alpha value is -0.980. The summed E-state index contributed by atoms with van der Waals surface area (Å²) in [5.41, 5.74) is 0.936. The first-order chi connectivity index (χ1) is 8.65. The van der Waals surface area contributed by atoms with Gasteiger partial charge in [-0.2, -0.15) is 0 Å². The molecule has 2 heterocycles. The van der Waals surface area contributed by atoms with Crippen molar-refractivity contribution in [1.82, 2.24) is 10.3 Å². The van der Waals surface area contributed by atoms with Gasteiger partial charge in [0.25, 0.3) is 0 Å². The summed E-state index contributed by atoms with van der Waals surface area (Å²) in [5.74, 6) is 0.566. The Morgan fingerprint density at radius 3 is 3.22 bits per heavy atom. The van der Waals surface area contributed by atoms with Crippen molar-refractivity contribution >= 4 is 27.7 Å². The van der Waals surface area contributed by atoms with Crippen LogP contribution >= 0.6 is 15.9 Å². The SMILES string of the molecule is Cc1cc(Br)cnc1NC(=O)CC1COCCN1. The predicted octanol–water partition coefficient (Wildman–Crippen LogP) is 1.47. The summed E-state index contributed by atoms with van der Waals surface area (Å²) in [6.45, 7) is 4.01. The van der Waals surface area contributed by atoms with Gasteiger partial charge in [-0.25, -0.2) is 4.98 Å². The topological polar surface area (TPSA) is 63.2 Å². The summed E-state index contributed by atoms with van der Waals surface area (Å²) in [5, 5.41) is 6.06. The number of aryl methyl sites for hydroxylation is 1. The third-order valence-corrected chi connectivity index (χ3v) is 3.17. The van der Waals surface area contributed by atoms with Crippen LogP contribution in [0, 0.1) is 6.92 Å². The molecule has 0 spiro atoms. The summed E-state index contributed by atoms with van der Waals surface area (Å²) in [6.07, 6.45) is 2.07. The van der Waals surface area contributed by atoms with Crippen LogP contribution in [0.1, 0.15) is 12.0 Å². The van der Waals surface area contributed by atoms with Gasteiger partial charge < -0.3 is 15.4 Å². The van der Waals surface area contributed by atoms with Crippen molar-refractivity contribution in [2.45, 2.75) is 19.4 Å². The fraction of sp³-hybridized carbons (Fsp3) is 0.500. The van der Waals surface area contributed by atoms with Gasteiger partial charge in [-0.05, 0) is 34.5 Å². The minimum atomic E-state index is -0.0454. The Morgan fingerprint density at radius 1 is 1.72 bits per heavy atom. The van der Waals surface area contributed by atoms with Crippen LogP contribution in [0.3, 0.4) is 0 Å². The highest BCUT2D eigenvalue weighted by atomic mass is 79.9. The maximum absolute atomic E-state index is 11.9. The molecule has 18 heavy (non-hydrogen) atoms. The fourth-order valence-corrected chi connectivity index (χ4v) is 2.27. The molecule has 1 saturated heterocycles. The average Bonchev–Trinajstić information content (AvgIpc) is 2.34. The van der Waals surface area contributed by atoms with Gasteiger partial charge in [-0.15, -0.1) is 0 Å². The standard InChI is InChI=1S/C12H16BrN3O2/c1-8-4-9(13)6-15-12(8)16-11(17)5-10-7-18-3-2-14-10/h4,6,10,14H,2-3,5,7H2,1H3,(H,15,16,17). The van der Waals surface area contributed by atoms with E-state index in [1.807, 2.05) is 13.0 Å². The number of ether oxygens (including phenoxy) is 1. The van der Waals surface area contributed by atoms with Crippen molar-refractivity contribution in [3.05, 3.63) is 22.3 Å². The number of nitrogens with one attached hydrogen (secondary N) is 2. The van der Waals surface area contributed by atoms with Gasteiger partial charge in [0.1, 0.15) is 5.82 Å². The number of nitrogens with zero attached hydrogens (tertiary/aromatic N) is 1. The lowest BCUT2D eigenvalue weighted by Gasteiger charge is -2.23. The number of halogens is 1. The molecule has 0 radical (unpaired) electrons. The normalized spacial score (nSPS) is 19.6. The van der Waals surface area contributed by atoms with E-state index in [1.165, 1.54) is 0 Å². The Balaban J connectivity index is 1.90. The number of morpholine rings is 1. The van der Waals surface area contributed by atoms with Crippen molar-refractivity contribution in [3.8, 4) is 0 Å². The van der Waals surface area contributed by atoms with Gasteiger partial charge >= 0.3 is 0 Å². The molecule has 1 unspecified atom stereocenters. The molecule has 98 valence electrons. The minimum Gasteiger partial charge on any atom is -0.378 e. The molecule has 1 aromatic heterocycles. The van der Waals surface area contributed by atoms with E-state index in [-0.39, 0.29) is 11.9 Å². The second kappa shape index (κ2) is 6.26. The van der Waals surface area contributed by atoms with E-state index in [2.05, 4.69) is 31.5 Å². The summed E-state index contributed by atoms with van der Waals surface area (Å²) < 4.78 is 6.21. The number of hydrogen-bond acceptors (Lipinski definition) is 4. The number of anilines is 1. The molecule has 0 aliphatic carbocycles. The Kier molecular flexibility index (Phi) is 4.68. The summed E-state index contributed by atoms with van der Waals surface area (Å²) in [7, 11) is 0. The van der Waals surface area contributed by atoms with Crippen LogP contribution in [0.15, 0.2) is 16.7 Å². The van der Waals surface area contributed by atoms with Gasteiger partial charge in [0.2, 0.25) is 5.91 Å². The van der Waals surface area contributed by atoms with Gasteiger partial charge in [0.05, 0.1) is 13.2 Å². The summed E-state index contributed by atoms with van der Waals surface area (Å²) >= 11 is 3.34. The molecule has 1 atom stereocenters. The van der Waals surface area contributed by atoms with Crippen LogP contribution in [0.5, 0.6) is 0 Å². The van der Waals surface area contributed by atoms with E-state index in [0.29, 0.717) is 25.5 Å². The lowest BCUT2D eigenvalue weighted by molar-refractivity contribution is -0.117. The third kappa shape index (κ3) is 3.76. The number of hydrogen-bond donors (Lipinski definition) is 2. The molecule has 6 heteroatoms. The van der Waals surface area contributed by atoms with Crippen molar-refractivity contribution < 1.29 is 9.53 Å². The molecule has 1 aliphatic rings. The second-order valence-electron chi connectivity index (χ2n) is 4.30. The van der Waals surface area contributed by atoms with Crippen LogP contribution in [-0.4, -0.2) is 36.7 Å². The van der Waals surface area contributed by atoms with Crippen LogP contribution in [0.25, 0.3) is 0 Å². The molecule has 2 N–H and O–H groups in total. The van der Waals surface area contributed by atoms with E-state index in [1.54, 1.807) is 6.20 Å². The van der Waals surface area contributed by atoms with Crippen molar-refractivity contribution in [2.75, 3.05) is 25.1 Å². The van der Waals surface area contributed by atoms with Crippen LogP contribution in [0.2, 0.25) is 0 Å². The number of carbonyl (C=O) groups excluding carboxylic acids is 1. The van der Waals surface area contributed by atoms with E-state index < -0.39 is 0 Å². The zero-order valence-corrected chi connectivity index (χ0v) is 11.8. The van der Waals surface area contributed by atoms with E-state index in [4.69, 9.17) is 4.74 Å². The van der Waals surface area contributed by atoms with E-state index in [9.17, 15) is 4.79 Å². The lowest BCUT2D eigenvalue weighted by Crippen LogP contribution is -2.43. The molecule has 0 bridgehead atoms. The maximum Gasteiger partial charge on any atom is 0.227 e. The summed E-state index contributed by atoms with van der Waals surface area (Å²) in [4.78, 5) is 16.0. The molecule has 1 amide bonds. The fourth-order valence-electron chi connectivity index (χ4n) is 1.83. The largest absolute Gasteiger partial charge is 0.378 e. The van der Waals surface area contributed by atoms with E-state index >= 15 is 0 Å². The molecular formula is C12H16BrN3O2. The lowest BCUT2D eigenvalue weighted by atomic mass is 10.2. The van der Waals surface area contributed by atoms with Crippen molar-refractivity contribution in [2.24, 2.45) is 0 Å². The van der Waals surface area contributed by atoms with Gasteiger partial charge in [-0.3, -0.25) is 4.79 Å². The molecule has 1 fully saturated rings. The van der Waals surface area contributed by atoms with Crippen molar-refractivity contribution in [1.29, 1.82) is 0 Å². The van der Waals surface area contributed by atoms with E-state index in [0.717, 1.165) is 16.6 Å². The van der Waals surface area contributed by atoms with Crippen LogP contribution in [-0.2, 0) is 9.53 Å². The van der Waals surface area contributed by atoms with Gasteiger partial charge in [0, 0.05) is 29.7 Å². The van der Waals surface area contributed by atoms with Gasteiger partial charge in [0.15, 0.2) is 0 Å². The number of carbonyl (C=O) groups is 1. The number of amides is 1. The highest BCUT2D eigenvalue weighted by molar-refractivity contribution is 9.10. The van der Waals surface area contributed by atoms with Crippen LogP contribution < -0.4 is 10.6 Å². The Labute approximate surface area is 114 Å². The first kappa shape index (κ1) is 13.5. The second-order valence-corrected chi connectivity index (χ2v) is 5.21. The highest BCUT2D eigenvalue weighted by Gasteiger charge is 2.17.